The van der Waals surface area contributed by atoms with Crippen LogP contribution in [0.4, 0.5) is 13.2 Å². The summed E-state index contributed by atoms with van der Waals surface area (Å²) in [6, 6.07) is 6.44. The van der Waals surface area contributed by atoms with Crippen molar-refractivity contribution in [2.75, 3.05) is 0 Å². The molecule has 0 radical (unpaired) electrons. The number of alkyl halides is 3. The van der Waals surface area contributed by atoms with Gasteiger partial charge in [-0.2, -0.15) is 13.2 Å². The van der Waals surface area contributed by atoms with Gasteiger partial charge in [-0.3, -0.25) is 0 Å². The number of halogens is 3. The molecule has 1 aromatic carbocycles. The van der Waals surface area contributed by atoms with E-state index in [-0.39, 0.29) is 12.4 Å². The lowest BCUT2D eigenvalue weighted by atomic mass is 9.57. The normalized spacial score (nSPS) is 16.7. The quantitative estimate of drug-likeness (QED) is 0.274. The molecule has 1 heterocycles. The third-order valence-corrected chi connectivity index (χ3v) is 6.05. The van der Waals surface area contributed by atoms with E-state index < -0.39 is 12.6 Å². The first-order valence-electron chi connectivity index (χ1n) is 11.6. The van der Waals surface area contributed by atoms with Gasteiger partial charge in [-0.05, 0) is 73.0 Å². The van der Waals surface area contributed by atoms with Crippen LogP contribution in [0.1, 0.15) is 75.5 Å². The van der Waals surface area contributed by atoms with E-state index >= 15 is 0 Å². The number of hydrogen-bond donors (Lipinski definition) is 1. The van der Waals surface area contributed by atoms with Gasteiger partial charge in [-0.25, -0.2) is 0 Å². The van der Waals surface area contributed by atoms with E-state index in [4.69, 9.17) is 0 Å². The molecule has 1 aromatic rings. The highest BCUT2D eigenvalue weighted by Gasteiger charge is 2.27. The zero-order chi connectivity index (χ0) is 23.0. The van der Waals surface area contributed by atoms with E-state index in [0.29, 0.717) is 18.0 Å². The Hall–Kier alpha value is -1.91. The fraction of sp³-hybridized carbons (Fsp3) is 0.538. The summed E-state index contributed by atoms with van der Waals surface area (Å²) in [7, 11) is 0.957. The highest BCUT2D eigenvalue weighted by Crippen LogP contribution is 2.31. The largest absolute Gasteiger partial charge is 0.393 e. The van der Waals surface area contributed by atoms with Gasteiger partial charge < -0.3 is 5.32 Å². The second-order valence-corrected chi connectivity index (χ2v) is 9.22. The summed E-state index contributed by atoms with van der Waals surface area (Å²) in [4.78, 5) is 0. The molecule has 5 heteroatoms. The van der Waals surface area contributed by atoms with Crippen LogP contribution >= 0.6 is 0 Å². The maximum Gasteiger partial charge on any atom is 0.389 e. The van der Waals surface area contributed by atoms with Crippen molar-refractivity contribution in [1.29, 1.82) is 0 Å². The van der Waals surface area contributed by atoms with Gasteiger partial charge in [-0.15, -0.1) is 0 Å². The van der Waals surface area contributed by atoms with Crippen LogP contribution in [0, 0.1) is 5.92 Å². The minimum absolute atomic E-state index is 0.0888. The molecular formula is C26H37BF3N. The summed E-state index contributed by atoms with van der Waals surface area (Å²) in [5.41, 5.74) is 7.19. The van der Waals surface area contributed by atoms with Crippen LogP contribution in [-0.2, 0) is 12.7 Å². The molecule has 0 saturated carbocycles. The molecule has 0 aliphatic carbocycles. The van der Waals surface area contributed by atoms with Gasteiger partial charge in [-0.1, -0.05) is 63.8 Å². The Labute approximate surface area is 187 Å². The standard InChI is InChI=1S/C26H37BF3N/c1-6-9-18(2)14-19(3)15-20(4)23-12-7-11-22-16-25(27-17-24(22)23)31-21(5)10-8-13-26(28,29)30/h7,11-12,19,25,27,31H,2,4-6,8-10,13-17H2,1,3H3. The number of benzene rings is 1. The molecule has 2 unspecified atom stereocenters. The molecule has 2 rings (SSSR count). The maximum atomic E-state index is 12.3. The minimum atomic E-state index is -4.09. The lowest BCUT2D eigenvalue weighted by Crippen LogP contribution is -2.40. The molecule has 0 spiro atoms. The minimum Gasteiger partial charge on any atom is -0.393 e. The summed E-state index contributed by atoms with van der Waals surface area (Å²) < 4.78 is 37.0. The van der Waals surface area contributed by atoms with E-state index in [1.165, 1.54) is 27.8 Å². The van der Waals surface area contributed by atoms with Gasteiger partial charge in [0.1, 0.15) is 0 Å². The first-order valence-corrected chi connectivity index (χ1v) is 11.6. The lowest BCUT2D eigenvalue weighted by Gasteiger charge is -2.29. The van der Waals surface area contributed by atoms with E-state index in [2.05, 4.69) is 57.1 Å². The predicted molar refractivity (Wildman–Crippen MR) is 128 cm³/mol. The van der Waals surface area contributed by atoms with Crippen molar-refractivity contribution in [1.82, 2.24) is 5.32 Å². The SMILES string of the molecule is C=C(CCC)CC(C)CC(=C)c1cccc2c1CBC(NC(=C)CCCC(F)(F)F)C2. The highest BCUT2D eigenvalue weighted by atomic mass is 19.4. The predicted octanol–water partition coefficient (Wildman–Crippen LogP) is 7.13. The summed E-state index contributed by atoms with van der Waals surface area (Å²) in [6.45, 7) is 17.0. The van der Waals surface area contributed by atoms with Gasteiger partial charge >= 0.3 is 6.18 Å². The number of nitrogens with one attached hydrogen (secondary N) is 1. The molecule has 0 amide bonds. The molecule has 0 saturated heterocycles. The van der Waals surface area contributed by atoms with Crippen molar-refractivity contribution in [2.24, 2.45) is 5.92 Å². The molecule has 2 atom stereocenters. The fourth-order valence-electron chi connectivity index (χ4n) is 4.68. The zero-order valence-corrected chi connectivity index (χ0v) is 19.2. The third-order valence-electron chi connectivity index (χ3n) is 6.05. The monoisotopic (exact) mass is 431 g/mol. The first kappa shape index (κ1) is 25.4. The van der Waals surface area contributed by atoms with E-state index in [9.17, 15) is 13.2 Å². The van der Waals surface area contributed by atoms with Crippen LogP contribution in [0.2, 0.25) is 0 Å². The number of allylic oxidation sites excluding steroid dienone is 3. The maximum absolute atomic E-state index is 12.3. The van der Waals surface area contributed by atoms with Crippen LogP contribution in [0.25, 0.3) is 5.57 Å². The molecule has 1 nitrogen and oxygen atoms in total. The van der Waals surface area contributed by atoms with Gasteiger partial charge in [0.15, 0.2) is 7.28 Å². The van der Waals surface area contributed by atoms with Crippen molar-refractivity contribution in [3.8, 4) is 0 Å². The van der Waals surface area contributed by atoms with Crippen molar-refractivity contribution >= 4 is 12.9 Å². The van der Waals surface area contributed by atoms with E-state index in [0.717, 1.165) is 45.7 Å². The average Bonchev–Trinajstić information content (AvgIpc) is 2.66. The second kappa shape index (κ2) is 11.6. The molecule has 31 heavy (non-hydrogen) atoms. The van der Waals surface area contributed by atoms with Gasteiger partial charge in [0.25, 0.3) is 0 Å². The second-order valence-electron chi connectivity index (χ2n) is 9.22. The Morgan fingerprint density at radius 1 is 1.19 bits per heavy atom. The van der Waals surface area contributed by atoms with Crippen molar-refractivity contribution in [2.45, 2.75) is 83.7 Å². The van der Waals surface area contributed by atoms with Crippen LogP contribution in [0.5, 0.6) is 0 Å². The molecule has 0 aromatic heterocycles. The molecule has 1 aliphatic rings. The Kier molecular flexibility index (Phi) is 9.52. The van der Waals surface area contributed by atoms with Crippen molar-refractivity contribution < 1.29 is 13.2 Å². The number of rotatable bonds is 12. The summed E-state index contributed by atoms with van der Waals surface area (Å²) in [5.74, 6) is 0.756. The zero-order valence-electron chi connectivity index (χ0n) is 19.2. The van der Waals surface area contributed by atoms with Crippen molar-refractivity contribution in [3.05, 3.63) is 65.9 Å². The van der Waals surface area contributed by atoms with Crippen molar-refractivity contribution in [3.63, 3.8) is 0 Å². The summed E-state index contributed by atoms with van der Waals surface area (Å²) in [5, 5.41) is 3.37. The Balaban J connectivity index is 1.92. The number of hydrogen-bond acceptors (Lipinski definition) is 1. The molecular weight excluding hydrogens is 394 g/mol. The number of fused-ring (bicyclic) bond motifs is 1. The van der Waals surface area contributed by atoms with Gasteiger partial charge in [0.05, 0.1) is 0 Å². The highest BCUT2D eigenvalue weighted by molar-refractivity contribution is 6.38. The van der Waals surface area contributed by atoms with Gasteiger partial charge in [0, 0.05) is 18.1 Å². The van der Waals surface area contributed by atoms with E-state index in [1.807, 2.05) is 0 Å². The van der Waals surface area contributed by atoms with Crippen LogP contribution in [0.15, 0.2) is 49.2 Å². The Bertz CT molecular complexity index is 781. The molecule has 170 valence electrons. The molecule has 0 bridgehead atoms. The van der Waals surface area contributed by atoms with Crippen LogP contribution in [0.3, 0.4) is 0 Å². The smallest absolute Gasteiger partial charge is 0.389 e. The third kappa shape index (κ3) is 8.63. The Morgan fingerprint density at radius 3 is 2.61 bits per heavy atom. The summed E-state index contributed by atoms with van der Waals surface area (Å²) >= 11 is 0. The molecule has 1 aliphatic heterocycles. The lowest BCUT2D eigenvalue weighted by molar-refractivity contribution is -0.135. The molecule has 1 N–H and O–H groups in total. The first-order chi connectivity index (χ1) is 14.6. The van der Waals surface area contributed by atoms with Crippen LogP contribution in [-0.4, -0.2) is 19.4 Å². The topological polar surface area (TPSA) is 12.0 Å². The summed E-state index contributed by atoms with van der Waals surface area (Å²) in [6.07, 6.45) is 1.68. The Morgan fingerprint density at radius 2 is 1.94 bits per heavy atom. The average molecular weight is 431 g/mol. The van der Waals surface area contributed by atoms with Crippen LogP contribution < -0.4 is 5.32 Å². The fourth-order valence-corrected chi connectivity index (χ4v) is 4.68. The van der Waals surface area contributed by atoms with Gasteiger partial charge in [0.2, 0.25) is 0 Å². The molecule has 0 fully saturated rings. The van der Waals surface area contributed by atoms with E-state index in [1.54, 1.807) is 0 Å².